The number of rotatable bonds is 7. The van der Waals surface area contributed by atoms with Crippen LogP contribution in [-0.2, 0) is 9.59 Å². The number of aromatic nitrogens is 2. The zero-order chi connectivity index (χ0) is 22.5. The van der Waals surface area contributed by atoms with Gasteiger partial charge < -0.3 is 4.90 Å². The lowest BCUT2D eigenvalue weighted by Crippen LogP contribution is -2.44. The maximum absolute atomic E-state index is 12.9. The Bertz CT molecular complexity index is 1050. The Morgan fingerprint density at radius 1 is 1.03 bits per heavy atom. The molecule has 0 radical (unpaired) electrons. The van der Waals surface area contributed by atoms with E-state index in [2.05, 4.69) is 10.3 Å². The van der Waals surface area contributed by atoms with E-state index in [4.69, 9.17) is 0 Å². The number of anilines is 1. The van der Waals surface area contributed by atoms with E-state index >= 15 is 0 Å². The van der Waals surface area contributed by atoms with Crippen LogP contribution in [-0.4, -0.2) is 38.9 Å². The molecule has 1 N–H and O–H groups in total. The summed E-state index contributed by atoms with van der Waals surface area (Å²) in [6.07, 6.45) is 1.92. The largest absolute Gasteiger partial charge is 0.331 e. The third-order valence-corrected chi connectivity index (χ3v) is 5.02. The summed E-state index contributed by atoms with van der Waals surface area (Å²) < 4.78 is 1.87. The normalized spacial score (nSPS) is 11.1. The molecule has 1 aromatic heterocycles. The summed E-state index contributed by atoms with van der Waals surface area (Å²) >= 11 is 0. The van der Waals surface area contributed by atoms with E-state index in [1.807, 2.05) is 100.0 Å². The van der Waals surface area contributed by atoms with E-state index < -0.39 is 0 Å². The van der Waals surface area contributed by atoms with E-state index in [9.17, 15) is 9.59 Å². The minimum absolute atomic E-state index is 0.0178. The van der Waals surface area contributed by atoms with Gasteiger partial charge in [-0.15, -0.1) is 0 Å². The Kier molecular flexibility index (Phi) is 6.90. The van der Waals surface area contributed by atoms with Crippen LogP contribution in [0, 0.1) is 12.8 Å². The molecule has 0 aliphatic carbocycles. The highest BCUT2D eigenvalue weighted by Crippen LogP contribution is 2.24. The van der Waals surface area contributed by atoms with Crippen LogP contribution in [0.15, 0.2) is 60.8 Å². The molecule has 0 aliphatic heterocycles. The number of hydrogen-bond donors (Lipinski definition) is 1. The number of imidazole rings is 1. The van der Waals surface area contributed by atoms with E-state index in [-0.39, 0.29) is 30.3 Å². The molecular formula is C25H30N4O2. The first-order valence-electron chi connectivity index (χ1n) is 10.6. The van der Waals surface area contributed by atoms with Crippen LogP contribution in [0.2, 0.25) is 0 Å². The van der Waals surface area contributed by atoms with Crippen LogP contribution in [0.4, 0.5) is 5.95 Å². The molecule has 6 heteroatoms. The molecule has 0 saturated carbocycles. The number of benzene rings is 2. The Morgan fingerprint density at radius 3 is 2.35 bits per heavy atom. The molecule has 3 rings (SSSR count). The molecule has 1 heterocycles. The number of nitrogens with zero attached hydrogens (tertiary/aromatic N) is 3. The zero-order valence-electron chi connectivity index (χ0n) is 18.8. The van der Waals surface area contributed by atoms with Crippen molar-refractivity contribution >= 4 is 17.8 Å². The Hall–Kier alpha value is -3.41. The number of carbonyl (C=O) groups excluding carboxylic acids is 2. The molecule has 2 amide bonds. The standard InChI is InChI=1S/C25H30N4O2/c1-17(2)24(31)28(18(3)4)16-23(30)27-25-26-22(20-11-7-6-8-12-20)15-29(25)21-13-9-10-19(5)14-21/h6-15,17-18H,16H2,1-5H3,(H,26,27,30). The molecule has 2 aromatic carbocycles. The first kappa shape index (κ1) is 22.3. The van der Waals surface area contributed by atoms with Gasteiger partial charge in [-0.3, -0.25) is 19.5 Å². The fraction of sp³-hybridized carbons (Fsp3) is 0.320. The Balaban J connectivity index is 1.93. The first-order valence-corrected chi connectivity index (χ1v) is 10.6. The Labute approximate surface area is 183 Å². The molecular weight excluding hydrogens is 388 g/mol. The van der Waals surface area contributed by atoms with Crippen molar-refractivity contribution in [3.05, 3.63) is 66.4 Å². The summed E-state index contributed by atoms with van der Waals surface area (Å²) in [6.45, 7) is 9.51. The lowest BCUT2D eigenvalue weighted by atomic mass is 10.1. The summed E-state index contributed by atoms with van der Waals surface area (Å²) in [4.78, 5) is 31.7. The number of carbonyl (C=O) groups is 2. The van der Waals surface area contributed by atoms with E-state index in [1.165, 1.54) is 0 Å². The van der Waals surface area contributed by atoms with Gasteiger partial charge in [-0.1, -0.05) is 56.3 Å². The maximum Gasteiger partial charge on any atom is 0.246 e. The van der Waals surface area contributed by atoms with Crippen molar-refractivity contribution in [1.29, 1.82) is 0 Å². The van der Waals surface area contributed by atoms with Gasteiger partial charge >= 0.3 is 0 Å². The highest BCUT2D eigenvalue weighted by molar-refractivity contribution is 5.94. The molecule has 0 saturated heterocycles. The van der Waals surface area contributed by atoms with Gasteiger partial charge in [0.25, 0.3) is 0 Å². The van der Waals surface area contributed by atoms with Crippen LogP contribution in [0.3, 0.4) is 0 Å². The minimum atomic E-state index is -0.276. The van der Waals surface area contributed by atoms with Crippen molar-refractivity contribution in [2.75, 3.05) is 11.9 Å². The summed E-state index contributed by atoms with van der Waals surface area (Å²) in [5.41, 5.74) is 3.74. The predicted molar refractivity (Wildman–Crippen MR) is 124 cm³/mol. The average Bonchev–Trinajstić information content (AvgIpc) is 3.15. The summed E-state index contributed by atoms with van der Waals surface area (Å²) in [7, 11) is 0. The van der Waals surface area contributed by atoms with E-state index in [1.54, 1.807) is 4.90 Å². The van der Waals surface area contributed by atoms with Crippen molar-refractivity contribution in [2.24, 2.45) is 5.92 Å². The van der Waals surface area contributed by atoms with Crippen molar-refractivity contribution in [3.63, 3.8) is 0 Å². The van der Waals surface area contributed by atoms with Crippen LogP contribution in [0.25, 0.3) is 16.9 Å². The van der Waals surface area contributed by atoms with Gasteiger partial charge in [0.2, 0.25) is 17.8 Å². The second kappa shape index (κ2) is 9.60. The van der Waals surface area contributed by atoms with Gasteiger partial charge in [0, 0.05) is 29.4 Å². The molecule has 31 heavy (non-hydrogen) atoms. The lowest BCUT2D eigenvalue weighted by molar-refractivity contribution is -0.139. The number of amides is 2. The summed E-state index contributed by atoms with van der Waals surface area (Å²) in [5, 5.41) is 2.92. The highest BCUT2D eigenvalue weighted by atomic mass is 16.2. The van der Waals surface area contributed by atoms with Gasteiger partial charge in [0.15, 0.2) is 0 Å². The van der Waals surface area contributed by atoms with Gasteiger partial charge in [0.1, 0.15) is 6.54 Å². The zero-order valence-corrected chi connectivity index (χ0v) is 18.8. The van der Waals surface area contributed by atoms with Crippen molar-refractivity contribution in [2.45, 2.75) is 40.7 Å². The molecule has 162 valence electrons. The van der Waals surface area contributed by atoms with Gasteiger partial charge in [-0.2, -0.15) is 0 Å². The second-order valence-corrected chi connectivity index (χ2v) is 8.29. The molecule has 6 nitrogen and oxygen atoms in total. The molecule has 0 unspecified atom stereocenters. The van der Waals surface area contributed by atoms with E-state index in [0.29, 0.717) is 5.95 Å². The van der Waals surface area contributed by atoms with Crippen molar-refractivity contribution in [1.82, 2.24) is 14.5 Å². The predicted octanol–water partition coefficient (Wildman–Crippen LogP) is 4.68. The number of hydrogen-bond acceptors (Lipinski definition) is 3. The lowest BCUT2D eigenvalue weighted by Gasteiger charge is -2.27. The molecule has 0 fully saturated rings. The first-order chi connectivity index (χ1) is 14.8. The molecule has 0 aliphatic rings. The molecule has 0 spiro atoms. The van der Waals surface area contributed by atoms with Crippen molar-refractivity contribution < 1.29 is 9.59 Å². The number of nitrogens with one attached hydrogen (secondary N) is 1. The van der Waals surface area contributed by atoms with Gasteiger partial charge in [0.05, 0.1) is 5.69 Å². The topological polar surface area (TPSA) is 67.2 Å². The SMILES string of the molecule is Cc1cccc(-n2cc(-c3ccccc3)nc2NC(=O)CN(C(=O)C(C)C)C(C)C)c1. The Morgan fingerprint density at radius 2 is 1.74 bits per heavy atom. The van der Waals surface area contributed by atoms with Crippen molar-refractivity contribution in [3.8, 4) is 16.9 Å². The summed E-state index contributed by atoms with van der Waals surface area (Å²) in [5.74, 6) is -0.0664. The van der Waals surface area contributed by atoms with E-state index in [0.717, 1.165) is 22.5 Å². The maximum atomic E-state index is 12.9. The smallest absolute Gasteiger partial charge is 0.246 e. The van der Waals surface area contributed by atoms with Crippen LogP contribution in [0.1, 0.15) is 33.3 Å². The minimum Gasteiger partial charge on any atom is -0.331 e. The van der Waals surface area contributed by atoms with Crippen LogP contribution < -0.4 is 5.32 Å². The third kappa shape index (κ3) is 5.40. The van der Waals surface area contributed by atoms with Gasteiger partial charge in [-0.25, -0.2) is 4.98 Å². The van der Waals surface area contributed by atoms with Crippen LogP contribution >= 0.6 is 0 Å². The number of aryl methyl sites for hydroxylation is 1. The molecule has 0 atom stereocenters. The fourth-order valence-electron chi connectivity index (χ4n) is 3.36. The quantitative estimate of drug-likeness (QED) is 0.606. The second-order valence-electron chi connectivity index (χ2n) is 8.29. The molecule has 3 aromatic rings. The summed E-state index contributed by atoms with van der Waals surface area (Å²) in [6, 6.07) is 17.8. The fourth-order valence-corrected chi connectivity index (χ4v) is 3.36. The third-order valence-electron chi connectivity index (χ3n) is 5.02. The van der Waals surface area contributed by atoms with Crippen LogP contribution in [0.5, 0.6) is 0 Å². The highest BCUT2D eigenvalue weighted by Gasteiger charge is 2.23. The monoisotopic (exact) mass is 418 g/mol. The van der Waals surface area contributed by atoms with Gasteiger partial charge in [-0.05, 0) is 38.5 Å². The molecule has 0 bridgehead atoms. The average molecular weight is 419 g/mol.